The number of carbonyl (C=O) groups is 1. The normalized spacial score (nSPS) is 13.4. The third-order valence-electron chi connectivity index (χ3n) is 7.54. The second-order valence-electron chi connectivity index (χ2n) is 10.6. The van der Waals surface area contributed by atoms with Crippen molar-refractivity contribution in [1.29, 1.82) is 0 Å². The van der Waals surface area contributed by atoms with Crippen molar-refractivity contribution in [3.8, 4) is 5.75 Å². The summed E-state index contributed by atoms with van der Waals surface area (Å²) in [4.78, 5) is 32.5. The first kappa shape index (κ1) is 29.2. The highest BCUT2D eigenvalue weighted by Gasteiger charge is 2.20. The molecule has 3 N–H and O–H groups in total. The van der Waals surface area contributed by atoms with Gasteiger partial charge in [-0.15, -0.1) is 0 Å². The summed E-state index contributed by atoms with van der Waals surface area (Å²) in [5, 5.41) is 16.5. The molecule has 4 aromatic rings. The molecule has 0 radical (unpaired) electrons. The number of aryl methyl sites for hydroxylation is 3. The van der Waals surface area contributed by atoms with Crippen LogP contribution in [0.1, 0.15) is 42.6 Å². The van der Waals surface area contributed by atoms with E-state index in [9.17, 15) is 9.90 Å². The van der Waals surface area contributed by atoms with Gasteiger partial charge in [0.15, 0.2) is 0 Å². The van der Waals surface area contributed by atoms with Crippen LogP contribution in [0.2, 0.25) is 0 Å². The average molecular weight is 570 g/mol. The Balaban J connectivity index is 1.17. The molecular formula is C32H39N7O3. The Morgan fingerprint density at radius 3 is 2.79 bits per heavy atom. The van der Waals surface area contributed by atoms with E-state index >= 15 is 0 Å². The number of hydrogen-bond acceptors (Lipinski definition) is 9. The van der Waals surface area contributed by atoms with Crippen LogP contribution in [0.25, 0.3) is 11.0 Å². The maximum Gasteiger partial charge on any atom is 0.326 e. The molecule has 0 fully saturated rings. The summed E-state index contributed by atoms with van der Waals surface area (Å²) in [6.45, 7) is 5.51. The largest absolute Gasteiger partial charge is 0.490 e. The number of carboxylic acid groups (broad SMARTS) is 1. The fourth-order valence-electron chi connectivity index (χ4n) is 5.17. The number of aromatic nitrogens is 4. The molecule has 4 heterocycles. The van der Waals surface area contributed by atoms with Crippen LogP contribution in [0, 0.1) is 6.92 Å². The summed E-state index contributed by atoms with van der Waals surface area (Å²) in [7, 11) is 0. The van der Waals surface area contributed by atoms with Crippen molar-refractivity contribution in [2.45, 2.75) is 51.5 Å². The van der Waals surface area contributed by atoms with E-state index in [1.165, 1.54) is 5.56 Å². The minimum Gasteiger partial charge on any atom is -0.490 e. The Labute approximate surface area is 246 Å². The SMILES string of the molecule is Cc1ncccc1OCCN(CCCCc1ccc2c(n1)NCCC2)CC[C@H](Nc1cnc2ccccc2n1)C(=O)O. The number of fused-ring (bicyclic) bond motifs is 2. The van der Waals surface area contributed by atoms with Crippen molar-refractivity contribution in [2.24, 2.45) is 0 Å². The van der Waals surface area contributed by atoms with Crippen molar-refractivity contribution in [3.63, 3.8) is 0 Å². The molecule has 220 valence electrons. The number of carboxylic acids is 1. The Morgan fingerprint density at radius 2 is 1.93 bits per heavy atom. The highest BCUT2D eigenvalue weighted by molar-refractivity contribution is 5.78. The molecular weight excluding hydrogens is 530 g/mol. The smallest absolute Gasteiger partial charge is 0.326 e. The molecule has 10 heteroatoms. The van der Waals surface area contributed by atoms with Crippen molar-refractivity contribution in [1.82, 2.24) is 24.8 Å². The predicted molar refractivity (Wildman–Crippen MR) is 164 cm³/mol. The molecule has 0 saturated carbocycles. The monoisotopic (exact) mass is 569 g/mol. The van der Waals surface area contributed by atoms with E-state index in [1.54, 1.807) is 12.4 Å². The summed E-state index contributed by atoms with van der Waals surface area (Å²) in [6.07, 6.45) is 8.87. The summed E-state index contributed by atoms with van der Waals surface area (Å²) < 4.78 is 6.02. The Bertz CT molecular complexity index is 1480. The van der Waals surface area contributed by atoms with E-state index in [-0.39, 0.29) is 0 Å². The van der Waals surface area contributed by atoms with Crippen molar-refractivity contribution in [2.75, 3.05) is 43.4 Å². The first-order valence-corrected chi connectivity index (χ1v) is 14.8. The van der Waals surface area contributed by atoms with Crippen LogP contribution in [-0.4, -0.2) is 74.7 Å². The minimum absolute atomic E-state index is 0.411. The summed E-state index contributed by atoms with van der Waals surface area (Å²) in [6, 6.07) is 14.9. The Morgan fingerprint density at radius 1 is 1.05 bits per heavy atom. The molecule has 1 atom stereocenters. The Hall–Kier alpha value is -4.31. The van der Waals surface area contributed by atoms with Gasteiger partial charge < -0.3 is 20.5 Å². The van der Waals surface area contributed by atoms with Gasteiger partial charge in [0.1, 0.15) is 30.0 Å². The molecule has 0 saturated heterocycles. The van der Waals surface area contributed by atoms with Gasteiger partial charge in [0, 0.05) is 31.5 Å². The number of benzene rings is 1. The van der Waals surface area contributed by atoms with Crippen LogP contribution in [0.4, 0.5) is 11.6 Å². The van der Waals surface area contributed by atoms with Crippen LogP contribution >= 0.6 is 0 Å². The van der Waals surface area contributed by atoms with Crippen LogP contribution in [-0.2, 0) is 17.6 Å². The molecule has 0 bridgehead atoms. The zero-order valence-electron chi connectivity index (χ0n) is 24.1. The van der Waals surface area contributed by atoms with Gasteiger partial charge in [0.25, 0.3) is 0 Å². The zero-order valence-corrected chi connectivity index (χ0v) is 24.1. The van der Waals surface area contributed by atoms with Gasteiger partial charge in [-0.25, -0.2) is 14.8 Å². The lowest BCUT2D eigenvalue weighted by Gasteiger charge is -2.25. The van der Waals surface area contributed by atoms with Gasteiger partial charge in [-0.05, 0) is 87.9 Å². The Kier molecular flexibility index (Phi) is 10.1. The molecule has 42 heavy (non-hydrogen) atoms. The van der Waals surface area contributed by atoms with E-state index in [0.29, 0.717) is 31.9 Å². The van der Waals surface area contributed by atoms with Crippen LogP contribution in [0.15, 0.2) is 60.9 Å². The number of ether oxygens (including phenoxy) is 1. The molecule has 0 amide bonds. The number of pyridine rings is 2. The van der Waals surface area contributed by atoms with E-state index in [0.717, 1.165) is 79.2 Å². The topological polar surface area (TPSA) is 125 Å². The number of rotatable bonds is 15. The van der Waals surface area contributed by atoms with Crippen molar-refractivity contribution >= 4 is 28.6 Å². The van der Waals surface area contributed by atoms with Crippen molar-refractivity contribution < 1.29 is 14.6 Å². The molecule has 5 rings (SSSR count). The summed E-state index contributed by atoms with van der Waals surface area (Å²) in [5.41, 5.74) is 4.75. The first-order chi connectivity index (χ1) is 20.5. The van der Waals surface area contributed by atoms with Gasteiger partial charge in [0.2, 0.25) is 0 Å². The number of aliphatic carboxylic acids is 1. The number of anilines is 2. The zero-order chi connectivity index (χ0) is 29.1. The van der Waals surface area contributed by atoms with Gasteiger partial charge >= 0.3 is 5.97 Å². The third-order valence-corrected chi connectivity index (χ3v) is 7.54. The molecule has 0 spiro atoms. The van der Waals surface area contributed by atoms with Crippen LogP contribution in [0.3, 0.4) is 0 Å². The fraction of sp³-hybridized carbons (Fsp3) is 0.406. The van der Waals surface area contributed by atoms with Crippen LogP contribution < -0.4 is 15.4 Å². The average Bonchev–Trinajstić information content (AvgIpc) is 3.01. The molecule has 0 unspecified atom stereocenters. The van der Waals surface area contributed by atoms with E-state index in [2.05, 4.69) is 42.6 Å². The lowest BCUT2D eigenvalue weighted by atomic mass is 10.1. The maximum atomic E-state index is 12.2. The standard InChI is InChI=1S/C32H39N7O3/c1-23-29(12-7-16-33-23)42-21-20-39(18-5-4-9-25-14-13-24-8-6-17-34-31(24)36-25)19-15-28(32(40)41)38-30-22-35-26-10-2-3-11-27(26)37-30/h2-3,7,10-14,16,22,28H,4-6,8-9,15,17-21H2,1H3,(H,34,36)(H,37,38)(H,40,41)/t28-/m0/s1. The number of para-hydroxylation sites is 2. The van der Waals surface area contributed by atoms with E-state index in [1.807, 2.05) is 43.3 Å². The van der Waals surface area contributed by atoms with Gasteiger partial charge in [-0.2, -0.15) is 0 Å². The highest BCUT2D eigenvalue weighted by Crippen LogP contribution is 2.20. The quantitative estimate of drug-likeness (QED) is 0.173. The maximum absolute atomic E-state index is 12.2. The second-order valence-corrected chi connectivity index (χ2v) is 10.6. The molecule has 1 aliphatic heterocycles. The first-order valence-electron chi connectivity index (χ1n) is 14.8. The minimum atomic E-state index is -0.917. The third kappa shape index (κ3) is 8.13. The van der Waals surface area contributed by atoms with Crippen molar-refractivity contribution in [3.05, 3.63) is 77.9 Å². The molecule has 3 aromatic heterocycles. The number of nitrogens with zero attached hydrogens (tertiary/aromatic N) is 5. The number of hydrogen-bond donors (Lipinski definition) is 3. The van der Waals surface area contributed by atoms with E-state index in [4.69, 9.17) is 9.72 Å². The van der Waals surface area contributed by atoms with Gasteiger partial charge in [-0.3, -0.25) is 14.9 Å². The number of nitrogens with one attached hydrogen (secondary N) is 2. The van der Waals surface area contributed by atoms with Gasteiger partial charge in [0.05, 0.1) is 22.9 Å². The molecule has 1 aromatic carbocycles. The van der Waals surface area contributed by atoms with Crippen LogP contribution in [0.5, 0.6) is 5.75 Å². The van der Waals surface area contributed by atoms with E-state index < -0.39 is 12.0 Å². The summed E-state index contributed by atoms with van der Waals surface area (Å²) >= 11 is 0. The highest BCUT2D eigenvalue weighted by atomic mass is 16.5. The second kappa shape index (κ2) is 14.5. The molecule has 0 aliphatic carbocycles. The lowest BCUT2D eigenvalue weighted by Crippen LogP contribution is -2.37. The lowest BCUT2D eigenvalue weighted by molar-refractivity contribution is -0.138. The molecule has 1 aliphatic rings. The predicted octanol–water partition coefficient (Wildman–Crippen LogP) is 4.75. The summed E-state index contributed by atoms with van der Waals surface area (Å²) in [5.74, 6) is 1.34. The fourth-order valence-corrected chi connectivity index (χ4v) is 5.17. The number of unbranched alkanes of at least 4 members (excludes halogenated alkanes) is 1. The van der Waals surface area contributed by atoms with Gasteiger partial charge in [-0.1, -0.05) is 18.2 Å². The molecule has 10 nitrogen and oxygen atoms in total.